The monoisotopic (exact) mass is 454 g/mol. The number of hydrogen-bond acceptors (Lipinski definition) is 6. The summed E-state index contributed by atoms with van der Waals surface area (Å²) in [6.07, 6.45) is 3.00. The highest BCUT2D eigenvalue weighted by Crippen LogP contribution is 2.35. The van der Waals surface area contributed by atoms with E-state index in [4.69, 9.17) is 9.47 Å². The third-order valence-corrected chi connectivity index (χ3v) is 7.40. The van der Waals surface area contributed by atoms with Gasteiger partial charge in [-0.2, -0.15) is 5.10 Å². The lowest BCUT2D eigenvalue weighted by Crippen LogP contribution is -2.36. The lowest BCUT2D eigenvalue weighted by Gasteiger charge is -2.36. The summed E-state index contributed by atoms with van der Waals surface area (Å²) >= 11 is 1.31. The van der Waals surface area contributed by atoms with E-state index in [9.17, 15) is 9.59 Å². The number of fused-ring (bicyclic) bond motifs is 1. The summed E-state index contributed by atoms with van der Waals surface area (Å²) in [6.45, 7) is 8.07. The molecule has 170 valence electrons. The van der Waals surface area contributed by atoms with Gasteiger partial charge in [0.1, 0.15) is 15.8 Å². The summed E-state index contributed by atoms with van der Waals surface area (Å²) in [6, 6.07) is 11.6. The second kappa shape index (κ2) is 9.45. The molecule has 1 aliphatic rings. The fourth-order valence-corrected chi connectivity index (χ4v) is 5.62. The second-order valence-electron chi connectivity index (χ2n) is 9.09. The average Bonchev–Trinajstić information content (AvgIpc) is 3.33. The van der Waals surface area contributed by atoms with Crippen molar-refractivity contribution in [2.24, 2.45) is 17.8 Å². The third kappa shape index (κ3) is 4.72. The summed E-state index contributed by atoms with van der Waals surface area (Å²) < 4.78 is 12.9. The molecule has 3 aromatic rings. The minimum atomic E-state index is -0.514. The van der Waals surface area contributed by atoms with Gasteiger partial charge in [0, 0.05) is 5.39 Å². The molecule has 7 heteroatoms. The predicted molar refractivity (Wildman–Crippen MR) is 125 cm³/mol. The summed E-state index contributed by atoms with van der Waals surface area (Å²) in [5, 5.41) is 5.49. The van der Waals surface area contributed by atoms with E-state index < -0.39 is 11.9 Å². The van der Waals surface area contributed by atoms with Crippen molar-refractivity contribution < 1.29 is 19.1 Å². The van der Waals surface area contributed by atoms with E-state index >= 15 is 0 Å². The summed E-state index contributed by atoms with van der Waals surface area (Å²) in [5.74, 6) is 0.359. The van der Waals surface area contributed by atoms with Crippen molar-refractivity contribution >= 4 is 33.5 Å². The number of para-hydroxylation sites is 1. The minimum absolute atomic E-state index is 0.103. The SMILES string of the molecule is Cc1nn(-c2ccccc2)c2sc(C(=O)OCC(=O)O[C@@H]3C[C@H](C)CC[C@@H]3C(C)C)cc12. The smallest absolute Gasteiger partial charge is 0.348 e. The summed E-state index contributed by atoms with van der Waals surface area (Å²) in [5.41, 5.74) is 1.77. The highest BCUT2D eigenvalue weighted by molar-refractivity contribution is 7.20. The Morgan fingerprint density at radius 2 is 1.97 bits per heavy atom. The van der Waals surface area contributed by atoms with Gasteiger partial charge in [-0.15, -0.1) is 11.3 Å². The molecule has 0 unspecified atom stereocenters. The van der Waals surface area contributed by atoms with Crippen LogP contribution in [0.25, 0.3) is 15.9 Å². The van der Waals surface area contributed by atoms with Gasteiger partial charge in [0.15, 0.2) is 6.61 Å². The number of nitrogens with zero attached hydrogens (tertiary/aromatic N) is 2. The molecule has 2 heterocycles. The van der Waals surface area contributed by atoms with Gasteiger partial charge in [0.2, 0.25) is 0 Å². The van der Waals surface area contributed by atoms with Gasteiger partial charge in [-0.1, -0.05) is 45.4 Å². The van der Waals surface area contributed by atoms with Crippen LogP contribution in [-0.4, -0.2) is 34.4 Å². The molecule has 0 spiro atoms. The van der Waals surface area contributed by atoms with E-state index in [1.165, 1.54) is 11.3 Å². The number of thiophene rings is 1. The van der Waals surface area contributed by atoms with Crippen molar-refractivity contribution in [3.05, 3.63) is 47.0 Å². The van der Waals surface area contributed by atoms with Gasteiger partial charge in [0.25, 0.3) is 0 Å². The molecule has 1 saturated carbocycles. The fourth-order valence-electron chi connectivity index (χ4n) is 4.54. The maximum Gasteiger partial charge on any atom is 0.348 e. The lowest BCUT2D eigenvalue weighted by molar-refractivity contribution is -0.159. The lowest BCUT2D eigenvalue weighted by atomic mass is 9.75. The second-order valence-corrected chi connectivity index (χ2v) is 10.1. The van der Waals surface area contributed by atoms with Crippen LogP contribution in [0.4, 0.5) is 0 Å². The molecule has 0 aliphatic heterocycles. The normalized spacial score (nSPS) is 21.1. The average molecular weight is 455 g/mol. The zero-order valence-corrected chi connectivity index (χ0v) is 19.9. The number of esters is 2. The van der Waals surface area contributed by atoms with Crippen LogP contribution < -0.4 is 0 Å². The molecule has 1 fully saturated rings. The van der Waals surface area contributed by atoms with Crippen molar-refractivity contribution in [2.75, 3.05) is 6.61 Å². The molecule has 1 aliphatic carbocycles. The van der Waals surface area contributed by atoms with E-state index in [2.05, 4.69) is 25.9 Å². The highest BCUT2D eigenvalue weighted by atomic mass is 32.1. The molecule has 3 atom stereocenters. The Morgan fingerprint density at radius 1 is 1.22 bits per heavy atom. The van der Waals surface area contributed by atoms with Gasteiger partial charge < -0.3 is 9.47 Å². The predicted octanol–water partition coefficient (Wildman–Crippen LogP) is 5.56. The maximum atomic E-state index is 12.6. The van der Waals surface area contributed by atoms with Gasteiger partial charge in [0.05, 0.1) is 11.4 Å². The van der Waals surface area contributed by atoms with Crippen LogP contribution in [0.1, 0.15) is 55.4 Å². The Labute approximate surface area is 192 Å². The van der Waals surface area contributed by atoms with Gasteiger partial charge in [-0.25, -0.2) is 14.3 Å². The zero-order chi connectivity index (χ0) is 22.8. The first kappa shape index (κ1) is 22.5. The van der Waals surface area contributed by atoms with Crippen LogP contribution in [0.3, 0.4) is 0 Å². The first-order valence-corrected chi connectivity index (χ1v) is 12.1. The van der Waals surface area contributed by atoms with Crippen molar-refractivity contribution in [1.82, 2.24) is 9.78 Å². The Balaban J connectivity index is 1.41. The summed E-state index contributed by atoms with van der Waals surface area (Å²) in [7, 11) is 0. The van der Waals surface area contributed by atoms with E-state index in [-0.39, 0.29) is 12.7 Å². The number of aryl methyl sites for hydroxylation is 1. The van der Waals surface area contributed by atoms with Crippen LogP contribution in [0.15, 0.2) is 36.4 Å². The standard InChI is InChI=1S/C25H30N2O4S/c1-15(2)19-11-10-16(3)12-21(19)31-23(28)14-30-25(29)22-13-20-17(4)26-27(24(20)32-22)18-8-6-5-7-9-18/h5-9,13,15-16,19,21H,10-12,14H2,1-4H3/t16-,19-,21-/m1/s1. The topological polar surface area (TPSA) is 70.4 Å². The van der Waals surface area contributed by atoms with Gasteiger partial charge in [-0.3, -0.25) is 0 Å². The first-order chi connectivity index (χ1) is 15.3. The number of rotatable bonds is 6. The van der Waals surface area contributed by atoms with E-state index in [1.807, 2.05) is 41.9 Å². The molecule has 1 aromatic carbocycles. The minimum Gasteiger partial charge on any atom is -0.460 e. The van der Waals surface area contributed by atoms with Crippen molar-refractivity contribution in [3.8, 4) is 5.69 Å². The van der Waals surface area contributed by atoms with Gasteiger partial charge >= 0.3 is 11.9 Å². The Kier molecular flexibility index (Phi) is 6.65. The van der Waals surface area contributed by atoms with Crippen LogP contribution >= 0.6 is 11.3 Å². The van der Waals surface area contributed by atoms with Gasteiger partial charge in [-0.05, 0) is 55.7 Å². The Bertz CT molecular complexity index is 1100. The number of benzene rings is 1. The van der Waals surface area contributed by atoms with E-state index in [1.54, 1.807) is 6.07 Å². The number of carbonyl (C=O) groups is 2. The fraction of sp³-hybridized carbons (Fsp3) is 0.480. The van der Waals surface area contributed by atoms with Crippen molar-refractivity contribution in [2.45, 2.75) is 53.1 Å². The van der Waals surface area contributed by atoms with Crippen molar-refractivity contribution in [1.29, 1.82) is 0 Å². The molecule has 6 nitrogen and oxygen atoms in total. The molecule has 0 amide bonds. The molecule has 0 N–H and O–H groups in total. The molecule has 0 bridgehead atoms. The third-order valence-electron chi connectivity index (χ3n) is 6.31. The summed E-state index contributed by atoms with van der Waals surface area (Å²) in [4.78, 5) is 26.4. The zero-order valence-electron chi connectivity index (χ0n) is 19.0. The Morgan fingerprint density at radius 3 is 2.69 bits per heavy atom. The van der Waals surface area contributed by atoms with Crippen molar-refractivity contribution in [3.63, 3.8) is 0 Å². The molecule has 0 radical (unpaired) electrons. The number of ether oxygens (including phenoxy) is 2. The maximum absolute atomic E-state index is 12.6. The number of aromatic nitrogens is 2. The Hall–Kier alpha value is -2.67. The number of hydrogen-bond donors (Lipinski definition) is 0. The van der Waals surface area contributed by atoms with Crippen LogP contribution in [0, 0.1) is 24.7 Å². The molecule has 2 aromatic heterocycles. The van der Waals surface area contributed by atoms with Crippen LogP contribution in [-0.2, 0) is 14.3 Å². The van der Waals surface area contributed by atoms with E-state index in [0.29, 0.717) is 22.6 Å². The van der Waals surface area contributed by atoms with Crippen LogP contribution in [0.5, 0.6) is 0 Å². The molecule has 0 saturated heterocycles. The highest BCUT2D eigenvalue weighted by Gasteiger charge is 2.33. The number of carbonyl (C=O) groups excluding carboxylic acids is 2. The molecule has 4 rings (SSSR count). The quantitative estimate of drug-likeness (QED) is 0.456. The largest absolute Gasteiger partial charge is 0.460 e. The van der Waals surface area contributed by atoms with Crippen LogP contribution in [0.2, 0.25) is 0 Å². The first-order valence-electron chi connectivity index (χ1n) is 11.2. The van der Waals surface area contributed by atoms with E-state index in [0.717, 1.165) is 40.9 Å². The molecule has 32 heavy (non-hydrogen) atoms. The molecular weight excluding hydrogens is 424 g/mol. The molecular formula is C25H30N2O4S.